The number of alkyl halides is 3. The van der Waals surface area contributed by atoms with E-state index in [9.17, 15) is 21.6 Å². The summed E-state index contributed by atoms with van der Waals surface area (Å²) in [5.41, 5.74) is 1.09. The Morgan fingerprint density at radius 1 is 0.865 bits per heavy atom. The Hall–Kier alpha value is -3.50. The molecule has 1 aliphatic heterocycles. The lowest BCUT2D eigenvalue weighted by molar-refractivity contribution is -0.137. The molecule has 0 amide bonds. The molecule has 2 heterocycles. The Morgan fingerprint density at radius 2 is 1.57 bits per heavy atom. The molecule has 0 unspecified atom stereocenters. The maximum absolute atomic E-state index is 13.7. The van der Waals surface area contributed by atoms with Gasteiger partial charge in [-0.15, -0.1) is 0 Å². The summed E-state index contributed by atoms with van der Waals surface area (Å²) in [4.78, 5) is 4.21. The van der Waals surface area contributed by atoms with Crippen LogP contribution < -0.4 is 9.64 Å². The zero-order chi connectivity index (χ0) is 26.2. The number of ether oxygens (including phenoxy) is 1. The minimum atomic E-state index is -4.39. The van der Waals surface area contributed by atoms with Gasteiger partial charge in [0.25, 0.3) is 10.0 Å². The van der Waals surface area contributed by atoms with Gasteiger partial charge >= 0.3 is 6.18 Å². The molecule has 10 heteroatoms. The van der Waals surface area contributed by atoms with Crippen LogP contribution in [0.2, 0.25) is 0 Å². The highest BCUT2D eigenvalue weighted by atomic mass is 32.2. The van der Waals surface area contributed by atoms with Gasteiger partial charge in [-0.25, -0.2) is 12.4 Å². The Bertz CT molecular complexity index is 1510. The number of nitrogens with zero attached hydrogens (tertiary/aromatic N) is 3. The van der Waals surface area contributed by atoms with Gasteiger partial charge in [0.15, 0.2) is 0 Å². The highest BCUT2D eigenvalue weighted by Gasteiger charge is 2.31. The van der Waals surface area contributed by atoms with Crippen molar-refractivity contribution in [1.82, 2.24) is 8.87 Å². The Labute approximate surface area is 213 Å². The first kappa shape index (κ1) is 25.2. The molecule has 1 saturated heterocycles. The lowest BCUT2D eigenvalue weighted by Gasteiger charge is -2.36. The average Bonchev–Trinajstić information content (AvgIpc) is 3.27. The van der Waals surface area contributed by atoms with E-state index in [0.717, 1.165) is 11.5 Å². The number of halogens is 3. The Balaban J connectivity index is 1.39. The molecule has 1 aromatic heterocycles. The fourth-order valence-corrected chi connectivity index (χ4v) is 6.24. The van der Waals surface area contributed by atoms with Crippen molar-refractivity contribution >= 4 is 26.6 Å². The largest absolute Gasteiger partial charge is 0.497 e. The first-order valence-electron chi connectivity index (χ1n) is 11.8. The number of benzene rings is 3. The van der Waals surface area contributed by atoms with E-state index in [1.165, 1.54) is 35.3 Å². The van der Waals surface area contributed by atoms with Gasteiger partial charge < -0.3 is 9.64 Å². The summed E-state index contributed by atoms with van der Waals surface area (Å²) in [6, 6.07) is 20.9. The molecule has 3 aromatic carbocycles. The van der Waals surface area contributed by atoms with Crippen molar-refractivity contribution in [2.24, 2.45) is 0 Å². The van der Waals surface area contributed by atoms with Crippen LogP contribution in [0.25, 0.3) is 10.9 Å². The number of aromatic nitrogens is 1. The minimum absolute atomic E-state index is 0.158. The molecular formula is C27H26F3N3O3S. The predicted molar refractivity (Wildman–Crippen MR) is 136 cm³/mol. The minimum Gasteiger partial charge on any atom is -0.497 e. The molecule has 0 saturated carbocycles. The molecule has 0 radical (unpaired) electrons. The first-order chi connectivity index (χ1) is 17.7. The van der Waals surface area contributed by atoms with Crippen LogP contribution in [0, 0.1) is 0 Å². The number of hydrogen-bond donors (Lipinski definition) is 0. The topological polar surface area (TPSA) is 54.8 Å². The quantitative estimate of drug-likeness (QED) is 0.343. The van der Waals surface area contributed by atoms with Crippen molar-refractivity contribution in [3.8, 4) is 5.75 Å². The van der Waals surface area contributed by atoms with Crippen LogP contribution in [-0.4, -0.2) is 50.6 Å². The molecule has 0 bridgehead atoms. The Morgan fingerprint density at radius 3 is 2.24 bits per heavy atom. The summed E-state index contributed by atoms with van der Waals surface area (Å²) in [6.45, 7) is 2.63. The number of fused-ring (bicyclic) bond motifs is 1. The van der Waals surface area contributed by atoms with Gasteiger partial charge in [-0.1, -0.05) is 24.3 Å². The molecule has 1 fully saturated rings. The smallest absolute Gasteiger partial charge is 0.416 e. The van der Waals surface area contributed by atoms with Crippen LogP contribution >= 0.6 is 0 Å². The highest BCUT2D eigenvalue weighted by Crippen LogP contribution is 2.32. The maximum atomic E-state index is 13.7. The van der Waals surface area contributed by atoms with Crippen LogP contribution in [0.3, 0.4) is 0 Å². The van der Waals surface area contributed by atoms with E-state index in [-0.39, 0.29) is 4.90 Å². The normalized spacial score (nSPS) is 15.3. The van der Waals surface area contributed by atoms with E-state index >= 15 is 0 Å². The van der Waals surface area contributed by atoms with E-state index in [1.807, 2.05) is 23.1 Å². The van der Waals surface area contributed by atoms with Gasteiger partial charge in [0.05, 0.1) is 23.1 Å². The third kappa shape index (κ3) is 5.03. The van der Waals surface area contributed by atoms with E-state index < -0.39 is 21.8 Å². The molecule has 0 spiro atoms. The monoisotopic (exact) mass is 529 g/mol. The van der Waals surface area contributed by atoms with Crippen LogP contribution in [-0.2, 0) is 22.7 Å². The predicted octanol–water partition coefficient (Wildman–Crippen LogP) is 5.23. The van der Waals surface area contributed by atoms with Gasteiger partial charge in [-0.3, -0.25) is 4.90 Å². The van der Waals surface area contributed by atoms with E-state index in [2.05, 4.69) is 4.90 Å². The molecule has 5 rings (SSSR count). The summed E-state index contributed by atoms with van der Waals surface area (Å²) in [5, 5.41) is 0.817. The molecule has 6 nitrogen and oxygen atoms in total. The summed E-state index contributed by atoms with van der Waals surface area (Å²) < 4.78 is 73.4. The van der Waals surface area contributed by atoms with Gasteiger partial charge in [0.1, 0.15) is 5.75 Å². The second-order valence-electron chi connectivity index (χ2n) is 8.95. The number of rotatable bonds is 6. The second kappa shape index (κ2) is 9.75. The van der Waals surface area contributed by atoms with Gasteiger partial charge in [0.2, 0.25) is 0 Å². The lowest BCUT2D eigenvalue weighted by Crippen LogP contribution is -2.46. The summed E-state index contributed by atoms with van der Waals surface area (Å²) in [6.07, 6.45) is -4.39. The highest BCUT2D eigenvalue weighted by molar-refractivity contribution is 7.90. The zero-order valence-electron chi connectivity index (χ0n) is 20.1. The summed E-state index contributed by atoms with van der Waals surface area (Å²) in [7, 11) is -2.36. The number of anilines is 1. The standard InChI is InChI=1S/C27H26F3N3O3S/c1-36-24-9-11-25(12-10-24)37(34,35)33-23(17-20-5-2-3-8-26(20)33)19-31-13-15-32(16-14-31)22-7-4-6-21(18-22)27(28,29)30/h2-12,17-18H,13-16,19H2,1H3. The summed E-state index contributed by atoms with van der Waals surface area (Å²) in [5.74, 6) is 0.565. The van der Waals surface area contributed by atoms with Gasteiger partial charge in [0, 0.05) is 49.5 Å². The third-order valence-corrected chi connectivity index (χ3v) is 8.41. The van der Waals surface area contributed by atoms with Crippen molar-refractivity contribution < 1.29 is 26.3 Å². The molecule has 0 atom stereocenters. The number of piperazine rings is 1. The molecule has 0 aliphatic carbocycles. The summed E-state index contributed by atoms with van der Waals surface area (Å²) >= 11 is 0. The van der Waals surface area contributed by atoms with Crippen molar-refractivity contribution in [2.45, 2.75) is 17.6 Å². The van der Waals surface area contributed by atoms with Crippen molar-refractivity contribution in [3.63, 3.8) is 0 Å². The first-order valence-corrected chi connectivity index (χ1v) is 13.2. The molecular weight excluding hydrogens is 503 g/mol. The van der Waals surface area contributed by atoms with Crippen LogP contribution in [0.15, 0.2) is 83.8 Å². The Kier molecular flexibility index (Phi) is 6.63. The molecule has 4 aromatic rings. The maximum Gasteiger partial charge on any atom is 0.416 e. The van der Waals surface area contributed by atoms with Gasteiger partial charge in [-0.05, 0) is 54.6 Å². The van der Waals surface area contributed by atoms with Crippen molar-refractivity contribution in [1.29, 1.82) is 0 Å². The fraction of sp³-hybridized carbons (Fsp3) is 0.259. The molecule has 0 N–H and O–H groups in total. The van der Waals surface area contributed by atoms with Crippen molar-refractivity contribution in [3.05, 3.63) is 90.1 Å². The van der Waals surface area contributed by atoms with Gasteiger partial charge in [-0.2, -0.15) is 13.2 Å². The van der Waals surface area contributed by atoms with Crippen molar-refractivity contribution in [2.75, 3.05) is 38.2 Å². The molecule has 1 aliphatic rings. The van der Waals surface area contributed by atoms with E-state index in [0.29, 0.717) is 55.4 Å². The van der Waals surface area contributed by atoms with Crippen LogP contribution in [0.1, 0.15) is 11.3 Å². The number of methoxy groups -OCH3 is 1. The van der Waals surface area contributed by atoms with E-state index in [1.54, 1.807) is 30.3 Å². The molecule has 194 valence electrons. The van der Waals surface area contributed by atoms with E-state index in [4.69, 9.17) is 4.74 Å². The number of para-hydroxylation sites is 1. The van der Waals surface area contributed by atoms with Crippen LogP contribution in [0.4, 0.5) is 18.9 Å². The SMILES string of the molecule is COc1ccc(S(=O)(=O)n2c(CN3CCN(c4cccc(C(F)(F)F)c4)CC3)cc3ccccc32)cc1. The average molecular weight is 530 g/mol. The third-order valence-electron chi connectivity index (χ3n) is 6.63. The lowest BCUT2D eigenvalue weighted by atomic mass is 10.1. The fourth-order valence-electron chi connectivity index (χ4n) is 4.71. The molecule has 37 heavy (non-hydrogen) atoms. The van der Waals surface area contributed by atoms with Crippen LogP contribution in [0.5, 0.6) is 5.75 Å². The zero-order valence-corrected chi connectivity index (χ0v) is 21.0. The number of hydrogen-bond acceptors (Lipinski definition) is 5. The second-order valence-corrected chi connectivity index (χ2v) is 10.7.